The summed E-state index contributed by atoms with van der Waals surface area (Å²) in [6.45, 7) is 3.38. The molecule has 1 unspecified atom stereocenters. The van der Waals surface area contributed by atoms with Gasteiger partial charge in [0.1, 0.15) is 5.75 Å². The average Bonchev–Trinajstić information content (AvgIpc) is 3.18. The Bertz CT molecular complexity index is 710. The first-order valence-corrected chi connectivity index (χ1v) is 11.9. The van der Waals surface area contributed by atoms with E-state index in [4.69, 9.17) is 16.3 Å². The highest BCUT2D eigenvalue weighted by atomic mass is 35.5. The van der Waals surface area contributed by atoms with Crippen LogP contribution in [0.5, 0.6) is 5.75 Å². The first kappa shape index (κ1) is 25.5. The Hall–Kier alpha value is -1.79. The van der Waals surface area contributed by atoms with E-state index in [0.717, 1.165) is 12.0 Å². The molecule has 1 aliphatic carbocycles. The molecule has 7 heteroatoms. The molecule has 3 N–H and O–H groups in total. The third-order valence-corrected chi connectivity index (χ3v) is 6.48. The van der Waals surface area contributed by atoms with Gasteiger partial charge in [-0.15, -0.1) is 0 Å². The molecular formula is C24H36ClNO5. The van der Waals surface area contributed by atoms with Crippen molar-refractivity contribution in [2.24, 2.45) is 5.41 Å². The van der Waals surface area contributed by atoms with Gasteiger partial charge in [-0.05, 0) is 43.4 Å². The first-order valence-electron chi connectivity index (χ1n) is 11.5. The van der Waals surface area contributed by atoms with Gasteiger partial charge in [0.15, 0.2) is 5.41 Å². The van der Waals surface area contributed by atoms with E-state index in [9.17, 15) is 19.8 Å². The lowest BCUT2D eigenvalue weighted by molar-refractivity contribution is -0.164. The number of benzene rings is 1. The Kier molecular flexibility index (Phi) is 10.6. The maximum Gasteiger partial charge on any atom is 0.321 e. The lowest BCUT2D eigenvalue weighted by Crippen LogP contribution is -2.39. The van der Waals surface area contributed by atoms with E-state index in [2.05, 4.69) is 12.2 Å². The van der Waals surface area contributed by atoms with Gasteiger partial charge in [0.05, 0.1) is 11.6 Å². The number of hydrogen-bond acceptors (Lipinski definition) is 4. The van der Waals surface area contributed by atoms with Crippen molar-refractivity contribution in [1.29, 1.82) is 0 Å². The van der Waals surface area contributed by atoms with Gasteiger partial charge in [-0.3, -0.25) is 9.59 Å². The highest BCUT2D eigenvalue weighted by molar-refractivity contribution is 6.32. The number of halogens is 1. The van der Waals surface area contributed by atoms with Crippen LogP contribution in [0.15, 0.2) is 18.2 Å². The van der Waals surface area contributed by atoms with Gasteiger partial charge in [-0.1, -0.05) is 69.5 Å². The van der Waals surface area contributed by atoms with Crippen LogP contribution in [0.4, 0.5) is 0 Å². The Morgan fingerprint density at radius 2 is 1.74 bits per heavy atom. The van der Waals surface area contributed by atoms with Crippen LogP contribution in [0.3, 0.4) is 0 Å². The zero-order valence-corrected chi connectivity index (χ0v) is 19.3. The number of ether oxygens (including phenoxy) is 1. The monoisotopic (exact) mass is 453 g/mol. The molecule has 31 heavy (non-hydrogen) atoms. The van der Waals surface area contributed by atoms with Crippen molar-refractivity contribution in [2.45, 2.75) is 90.1 Å². The first-order chi connectivity index (χ1) is 14.9. The van der Waals surface area contributed by atoms with E-state index in [1.807, 2.05) is 18.2 Å². The molecule has 1 aromatic carbocycles. The van der Waals surface area contributed by atoms with E-state index in [1.54, 1.807) is 0 Å². The molecule has 1 atom stereocenters. The molecule has 1 aliphatic rings. The van der Waals surface area contributed by atoms with Crippen LogP contribution in [0, 0.1) is 5.41 Å². The Labute approximate surface area is 190 Å². The molecule has 174 valence electrons. The second kappa shape index (κ2) is 12.9. The summed E-state index contributed by atoms with van der Waals surface area (Å²) in [7, 11) is 0. The molecule has 0 amide bonds. The summed E-state index contributed by atoms with van der Waals surface area (Å²) in [5.74, 6) is -1.85. The molecule has 1 aromatic rings. The van der Waals surface area contributed by atoms with E-state index in [0.29, 0.717) is 30.3 Å². The summed E-state index contributed by atoms with van der Waals surface area (Å²) in [5, 5.41) is 22.5. The van der Waals surface area contributed by atoms with Crippen LogP contribution >= 0.6 is 11.6 Å². The zero-order valence-electron chi connectivity index (χ0n) is 18.5. The van der Waals surface area contributed by atoms with Crippen molar-refractivity contribution in [3.8, 4) is 5.75 Å². The highest BCUT2D eigenvalue weighted by Crippen LogP contribution is 2.39. The van der Waals surface area contributed by atoms with Crippen molar-refractivity contribution in [2.75, 3.05) is 6.61 Å². The summed E-state index contributed by atoms with van der Waals surface area (Å²) >= 11 is 6.36. The van der Waals surface area contributed by atoms with E-state index in [1.165, 1.54) is 44.9 Å². The minimum absolute atomic E-state index is 0.0885. The molecule has 0 radical (unpaired) electrons. The molecule has 2 rings (SSSR count). The Balaban J connectivity index is 1.69. The number of carboxylic acids is 2. The van der Waals surface area contributed by atoms with Crippen molar-refractivity contribution in [1.82, 2.24) is 5.32 Å². The molecule has 6 nitrogen and oxygen atoms in total. The van der Waals surface area contributed by atoms with E-state index < -0.39 is 17.4 Å². The normalized spacial score (nSPS) is 17.5. The lowest BCUT2D eigenvalue weighted by atomic mass is 9.86. The Morgan fingerprint density at radius 3 is 2.32 bits per heavy atom. The van der Waals surface area contributed by atoms with Gasteiger partial charge in [-0.2, -0.15) is 0 Å². The molecule has 0 spiro atoms. The number of carboxylic acid groups (broad SMARTS) is 2. The lowest BCUT2D eigenvalue weighted by Gasteiger charge is -2.19. The smallest absolute Gasteiger partial charge is 0.321 e. The fourth-order valence-corrected chi connectivity index (χ4v) is 4.41. The average molecular weight is 454 g/mol. The quantitative estimate of drug-likeness (QED) is 0.234. The number of nitrogens with one attached hydrogen (secondary N) is 1. The number of rotatable bonds is 15. The second-order valence-electron chi connectivity index (χ2n) is 8.60. The maximum atomic E-state index is 11.4. The van der Waals surface area contributed by atoms with Crippen LogP contribution in [-0.2, 0) is 16.1 Å². The van der Waals surface area contributed by atoms with Crippen LogP contribution in [0.1, 0.15) is 83.1 Å². The predicted octanol–water partition coefficient (Wildman–Crippen LogP) is 5.66. The number of carbonyl (C=O) groups is 2. The fourth-order valence-electron chi connectivity index (χ4n) is 4.15. The van der Waals surface area contributed by atoms with E-state index >= 15 is 0 Å². The van der Waals surface area contributed by atoms with Crippen LogP contribution in [-0.4, -0.2) is 34.8 Å². The zero-order chi connectivity index (χ0) is 22.7. The SMILES string of the molecule is CCCCCCCCCCOc1ccc(CNC2CCC(C(=O)O)(C(=O)O)C2)cc1Cl. The number of hydrogen-bond donors (Lipinski definition) is 3. The largest absolute Gasteiger partial charge is 0.492 e. The summed E-state index contributed by atoms with van der Waals surface area (Å²) < 4.78 is 5.81. The van der Waals surface area contributed by atoms with Gasteiger partial charge in [0.2, 0.25) is 0 Å². The molecular weight excluding hydrogens is 418 g/mol. The van der Waals surface area contributed by atoms with Gasteiger partial charge in [-0.25, -0.2) is 0 Å². The molecule has 0 aliphatic heterocycles. The standard InChI is InChI=1S/C24H36ClNO5/c1-2-3-4-5-6-7-8-9-14-31-21-11-10-18(15-20(21)25)17-26-19-12-13-24(16-19,22(27)28)23(29)30/h10-11,15,19,26H,2-9,12-14,16-17H2,1H3,(H,27,28)(H,29,30). The molecule has 0 aromatic heterocycles. The summed E-state index contributed by atoms with van der Waals surface area (Å²) in [6, 6.07) is 5.48. The summed E-state index contributed by atoms with van der Waals surface area (Å²) in [6.07, 6.45) is 10.7. The molecule has 0 heterocycles. The molecule has 1 fully saturated rings. The third kappa shape index (κ3) is 7.69. The second-order valence-corrected chi connectivity index (χ2v) is 9.01. The number of aliphatic carboxylic acids is 2. The minimum atomic E-state index is -1.68. The minimum Gasteiger partial charge on any atom is -0.492 e. The topological polar surface area (TPSA) is 95.9 Å². The van der Waals surface area contributed by atoms with Gasteiger partial charge in [0, 0.05) is 12.6 Å². The third-order valence-electron chi connectivity index (χ3n) is 6.18. The van der Waals surface area contributed by atoms with Crippen LogP contribution in [0.2, 0.25) is 5.02 Å². The van der Waals surface area contributed by atoms with Gasteiger partial charge >= 0.3 is 11.9 Å². The summed E-state index contributed by atoms with van der Waals surface area (Å²) in [5.41, 5.74) is -0.727. The van der Waals surface area contributed by atoms with Gasteiger partial charge in [0.25, 0.3) is 0 Å². The number of unbranched alkanes of at least 4 members (excludes halogenated alkanes) is 7. The maximum absolute atomic E-state index is 11.4. The highest BCUT2D eigenvalue weighted by Gasteiger charge is 2.51. The van der Waals surface area contributed by atoms with Crippen molar-refractivity contribution < 1.29 is 24.5 Å². The molecule has 0 bridgehead atoms. The van der Waals surface area contributed by atoms with Crippen molar-refractivity contribution in [3.05, 3.63) is 28.8 Å². The van der Waals surface area contributed by atoms with Crippen LogP contribution in [0.25, 0.3) is 0 Å². The molecule has 0 saturated heterocycles. The fraction of sp³-hybridized carbons (Fsp3) is 0.667. The predicted molar refractivity (Wildman–Crippen MR) is 122 cm³/mol. The van der Waals surface area contributed by atoms with Gasteiger partial charge < -0.3 is 20.3 Å². The van der Waals surface area contributed by atoms with Crippen molar-refractivity contribution in [3.63, 3.8) is 0 Å². The van der Waals surface area contributed by atoms with Crippen molar-refractivity contribution >= 4 is 23.5 Å². The molecule has 1 saturated carbocycles. The van der Waals surface area contributed by atoms with E-state index in [-0.39, 0.29) is 18.9 Å². The van der Waals surface area contributed by atoms with Crippen LogP contribution < -0.4 is 10.1 Å². The Morgan fingerprint density at radius 1 is 1.10 bits per heavy atom. The summed E-state index contributed by atoms with van der Waals surface area (Å²) in [4.78, 5) is 22.8.